The predicted molar refractivity (Wildman–Crippen MR) is 262 cm³/mol. The van der Waals surface area contributed by atoms with Crippen molar-refractivity contribution in [3.05, 3.63) is 11.6 Å². The first kappa shape index (κ1) is 61.3. The van der Waals surface area contributed by atoms with E-state index in [1.54, 1.807) is 0 Å². The lowest BCUT2D eigenvalue weighted by Crippen LogP contribution is -2.65. The molecular formula is C53H88O25. The first-order chi connectivity index (χ1) is 37.0. The topological polar surface area (TPSA) is 407 Å². The Morgan fingerprint density at radius 1 is 0.551 bits per heavy atom. The summed E-state index contributed by atoms with van der Waals surface area (Å²) >= 11 is 0. The Morgan fingerprint density at radius 2 is 1.05 bits per heavy atom. The molecule has 8 fully saturated rings. The highest BCUT2D eigenvalue weighted by Gasteiger charge is 2.64. The average molecular weight is 1130 g/mol. The second-order valence-corrected chi connectivity index (χ2v) is 24.6. The Labute approximate surface area is 453 Å². The van der Waals surface area contributed by atoms with Crippen LogP contribution in [-0.4, -0.2) is 268 Å². The van der Waals surface area contributed by atoms with Gasteiger partial charge in [0.05, 0.1) is 56.9 Å². The zero-order valence-electron chi connectivity index (χ0n) is 44.8. The van der Waals surface area contributed by atoms with Crippen molar-refractivity contribution in [3.8, 4) is 0 Å². The SMILES string of the molecule is CC[C@H]1C[C@H]([C@@H](CO)C2[C@@H](O)C[C@H]3C4=CC[C@H]5C[C@@H](O[C@@H]6O[C@H](CO)[C@@H](O)[C@H](O)[C@H]6O[C@@H]6O[C@H](CO)[C@@H](O)[C@H](O)[C@H]6O)CC[C@]5(C)C4CC[C@]23C)O[C@]1(C)CO[C@@H]1O[C@H](CO)[C@@H](O)[C@H](O)[C@H]1O[C@@H]1O[C@H](CO)[C@@H](O)[C@H](O)[C@H]1O. The van der Waals surface area contributed by atoms with Crippen molar-refractivity contribution in [2.45, 2.75) is 232 Å². The van der Waals surface area contributed by atoms with Crippen LogP contribution in [0.15, 0.2) is 11.6 Å². The quantitative estimate of drug-likeness (QED) is 0.0609. The van der Waals surface area contributed by atoms with E-state index >= 15 is 0 Å². The highest BCUT2D eigenvalue weighted by molar-refractivity contribution is 5.29. The monoisotopic (exact) mass is 1120 g/mol. The number of allylic oxidation sites excluding steroid dienone is 2. The maximum absolute atomic E-state index is 12.2. The second-order valence-electron chi connectivity index (χ2n) is 24.6. The van der Waals surface area contributed by atoms with Gasteiger partial charge in [0.1, 0.15) is 97.7 Å². The highest BCUT2D eigenvalue weighted by Crippen LogP contribution is 2.67. The Balaban J connectivity index is 0.868. The molecule has 9 rings (SSSR count). The molecule has 25 nitrogen and oxygen atoms in total. The van der Waals surface area contributed by atoms with Gasteiger partial charge in [-0.1, -0.05) is 38.8 Å². The molecular weight excluding hydrogens is 1040 g/mol. The lowest BCUT2D eigenvalue weighted by atomic mass is 9.47. The van der Waals surface area contributed by atoms with Crippen molar-refractivity contribution in [2.24, 2.45) is 46.3 Å². The van der Waals surface area contributed by atoms with Crippen LogP contribution in [0.3, 0.4) is 0 Å². The molecule has 4 aliphatic carbocycles. The standard InChI is InChI=1S/C53H88O25/c1-5-21-13-29(78-53(21,4)20-70-49-45(41(66)37(62)32(18-57)74-49)76-47-43(68)39(64)35(60)30(16-55)72-47)25(15-54)34-28(59)14-27-24-7-6-22-12-23(8-10-51(22,2)26(24)9-11-52(27,34)3)71-50-46(42(67)38(63)33(19-58)75-50)77-48-44(69)40(65)36(61)31(17-56)73-48/h7,21-23,25-50,54-69H,5-6,8-20H2,1-4H3/t21-,22-,23-,25+,26?,27-,28-,29+,30+,31+,32+,33+,34?,35+,36+,37+,38+,39-,40-,41-,42-,43+,44+,45+,46+,47-,48-,49+,50+,51-,52-,53+/m0/s1. The third-order valence-corrected chi connectivity index (χ3v) is 20.4. The van der Waals surface area contributed by atoms with E-state index in [1.807, 2.05) is 13.8 Å². The van der Waals surface area contributed by atoms with Gasteiger partial charge in [0, 0.05) is 12.5 Å². The summed E-state index contributed by atoms with van der Waals surface area (Å²) in [5.74, 6) is -0.617. The van der Waals surface area contributed by atoms with Gasteiger partial charge in [0.2, 0.25) is 0 Å². The Kier molecular flexibility index (Phi) is 19.2. The highest BCUT2D eigenvalue weighted by atomic mass is 16.8. The largest absolute Gasteiger partial charge is 0.396 e. The molecule has 5 heterocycles. The van der Waals surface area contributed by atoms with Crippen LogP contribution in [0, 0.1) is 46.3 Å². The molecule has 0 aromatic carbocycles. The minimum atomic E-state index is -1.84. The molecule has 450 valence electrons. The third kappa shape index (κ3) is 10.9. The first-order valence-corrected chi connectivity index (χ1v) is 28.1. The van der Waals surface area contributed by atoms with Crippen molar-refractivity contribution in [3.63, 3.8) is 0 Å². The molecule has 9 aliphatic rings. The fourth-order valence-electron chi connectivity index (χ4n) is 15.7. The number of ether oxygens (including phenoxy) is 9. The van der Waals surface area contributed by atoms with Crippen molar-refractivity contribution >= 4 is 0 Å². The fourth-order valence-corrected chi connectivity index (χ4v) is 15.7. The Morgan fingerprint density at radius 3 is 1.58 bits per heavy atom. The molecule has 5 saturated heterocycles. The summed E-state index contributed by atoms with van der Waals surface area (Å²) in [5.41, 5.74) is -0.291. The minimum Gasteiger partial charge on any atom is -0.396 e. The van der Waals surface area contributed by atoms with Crippen molar-refractivity contribution in [2.75, 3.05) is 39.6 Å². The van der Waals surface area contributed by atoms with Gasteiger partial charge in [-0.2, -0.15) is 0 Å². The van der Waals surface area contributed by atoms with Crippen LogP contribution < -0.4 is 0 Å². The van der Waals surface area contributed by atoms with Gasteiger partial charge in [0.25, 0.3) is 0 Å². The van der Waals surface area contributed by atoms with Crippen molar-refractivity contribution in [1.29, 1.82) is 0 Å². The summed E-state index contributed by atoms with van der Waals surface area (Å²) < 4.78 is 54.6. The van der Waals surface area contributed by atoms with Crippen LogP contribution in [0.4, 0.5) is 0 Å². The fraction of sp³-hybridized carbons (Fsp3) is 0.962. The molecule has 0 bridgehead atoms. The van der Waals surface area contributed by atoms with Gasteiger partial charge in [-0.15, -0.1) is 0 Å². The van der Waals surface area contributed by atoms with E-state index in [0.29, 0.717) is 38.5 Å². The van der Waals surface area contributed by atoms with Crippen LogP contribution in [0.2, 0.25) is 0 Å². The second kappa shape index (κ2) is 24.4. The minimum absolute atomic E-state index is 0.0137. The molecule has 78 heavy (non-hydrogen) atoms. The van der Waals surface area contributed by atoms with E-state index in [-0.39, 0.29) is 48.2 Å². The summed E-state index contributed by atoms with van der Waals surface area (Å²) in [4.78, 5) is 0. The van der Waals surface area contributed by atoms with Crippen molar-refractivity contribution < 1.29 is 124 Å². The maximum atomic E-state index is 12.2. The number of hydrogen-bond donors (Lipinski definition) is 16. The molecule has 3 saturated carbocycles. The smallest absolute Gasteiger partial charge is 0.187 e. The van der Waals surface area contributed by atoms with E-state index in [1.165, 1.54) is 5.57 Å². The summed E-state index contributed by atoms with van der Waals surface area (Å²) in [6.07, 6.45) is -25.2. The van der Waals surface area contributed by atoms with Crippen LogP contribution in [0.25, 0.3) is 0 Å². The van der Waals surface area contributed by atoms with E-state index < -0.39 is 184 Å². The lowest BCUT2D eigenvalue weighted by Gasteiger charge is -2.58. The average Bonchev–Trinajstić information content (AvgIpc) is 4.09. The lowest BCUT2D eigenvalue weighted by molar-refractivity contribution is -0.373. The predicted octanol–water partition coefficient (Wildman–Crippen LogP) is -4.63. The molecule has 32 atom stereocenters. The normalized spacial score (nSPS) is 54.0. The van der Waals surface area contributed by atoms with Gasteiger partial charge in [-0.3, -0.25) is 0 Å². The molecule has 2 unspecified atom stereocenters. The van der Waals surface area contributed by atoms with Gasteiger partial charge in [-0.05, 0) is 98.7 Å². The first-order valence-electron chi connectivity index (χ1n) is 28.1. The Hall–Kier alpha value is -1.26. The number of rotatable bonds is 17. The van der Waals surface area contributed by atoms with E-state index in [9.17, 15) is 81.7 Å². The van der Waals surface area contributed by atoms with Crippen LogP contribution in [-0.2, 0) is 42.6 Å². The van der Waals surface area contributed by atoms with E-state index in [0.717, 1.165) is 19.3 Å². The Bertz CT molecular complexity index is 2010. The molecule has 25 heteroatoms. The van der Waals surface area contributed by atoms with Gasteiger partial charge < -0.3 is 124 Å². The summed E-state index contributed by atoms with van der Waals surface area (Å²) in [6, 6.07) is 0. The summed E-state index contributed by atoms with van der Waals surface area (Å²) in [6.45, 7) is 5.18. The molecule has 16 N–H and O–H groups in total. The molecule has 0 radical (unpaired) electrons. The molecule has 5 aliphatic heterocycles. The molecule has 0 aromatic heterocycles. The summed E-state index contributed by atoms with van der Waals surface area (Å²) in [5, 5.41) is 170. The maximum Gasteiger partial charge on any atom is 0.187 e. The van der Waals surface area contributed by atoms with Gasteiger partial charge >= 0.3 is 0 Å². The zero-order valence-corrected chi connectivity index (χ0v) is 44.8. The molecule has 0 amide bonds. The summed E-state index contributed by atoms with van der Waals surface area (Å²) in [7, 11) is 0. The van der Waals surface area contributed by atoms with Crippen LogP contribution in [0.1, 0.15) is 85.5 Å². The van der Waals surface area contributed by atoms with Crippen molar-refractivity contribution in [1.82, 2.24) is 0 Å². The van der Waals surface area contributed by atoms with Crippen LogP contribution >= 0.6 is 0 Å². The van der Waals surface area contributed by atoms with Gasteiger partial charge in [-0.25, -0.2) is 0 Å². The number of hydrogen-bond acceptors (Lipinski definition) is 25. The van der Waals surface area contributed by atoms with E-state index in [4.69, 9.17) is 42.6 Å². The van der Waals surface area contributed by atoms with Crippen LogP contribution in [0.5, 0.6) is 0 Å². The molecule has 0 aromatic rings. The number of aliphatic hydroxyl groups excluding tert-OH is 16. The zero-order chi connectivity index (χ0) is 56.5. The molecule has 0 spiro atoms. The van der Waals surface area contributed by atoms with E-state index in [2.05, 4.69) is 19.9 Å². The number of aliphatic hydroxyl groups is 16. The van der Waals surface area contributed by atoms with Gasteiger partial charge in [0.15, 0.2) is 25.2 Å². The number of fused-ring (bicyclic) bond motifs is 5. The third-order valence-electron chi connectivity index (χ3n) is 20.4.